The molecule has 1 heterocycles. The number of nitrogens with one attached hydrogen (secondary N) is 1. The Morgan fingerprint density at radius 2 is 1.92 bits per heavy atom. The molecule has 0 amide bonds. The monoisotopic (exact) mass is 456 g/mol. The first kappa shape index (κ1) is 21.0. The summed E-state index contributed by atoms with van der Waals surface area (Å²) < 4.78 is 10.7. The summed E-state index contributed by atoms with van der Waals surface area (Å²) in [4.78, 5) is 8.75. The predicted molar refractivity (Wildman–Crippen MR) is 111 cm³/mol. The third kappa shape index (κ3) is 5.77. The van der Waals surface area contributed by atoms with Crippen LogP contribution in [0.3, 0.4) is 0 Å². The van der Waals surface area contributed by atoms with Crippen LogP contribution in [-0.2, 0) is 13.1 Å². The second kappa shape index (κ2) is 10.1. The Hall–Kier alpha value is -2.03. The quantitative estimate of drug-likeness (QED) is 0.397. The summed E-state index contributed by atoms with van der Waals surface area (Å²) in [6, 6.07) is 9.76. The Kier molecular flexibility index (Phi) is 8.47. The summed E-state index contributed by atoms with van der Waals surface area (Å²) in [5, 5.41) is 3.11. The average Bonchev–Trinajstić information content (AvgIpc) is 2.58. The number of benzene rings is 1. The van der Waals surface area contributed by atoms with E-state index in [1.807, 2.05) is 44.2 Å². The van der Waals surface area contributed by atoms with Crippen LogP contribution in [0.1, 0.15) is 22.4 Å². The van der Waals surface area contributed by atoms with Gasteiger partial charge in [0.05, 0.1) is 20.8 Å². The number of hydrogen-bond donors (Lipinski definition) is 2. The molecule has 136 valence electrons. The molecule has 0 atom stereocenters. The number of aliphatic imine (C=N–C) groups is 1. The first-order valence-corrected chi connectivity index (χ1v) is 7.72. The minimum Gasteiger partial charge on any atom is -0.496 e. The van der Waals surface area contributed by atoms with Gasteiger partial charge in [0.1, 0.15) is 5.75 Å². The highest BCUT2D eigenvalue weighted by atomic mass is 127. The fourth-order valence-corrected chi connectivity index (χ4v) is 2.45. The van der Waals surface area contributed by atoms with E-state index in [9.17, 15) is 0 Å². The van der Waals surface area contributed by atoms with E-state index in [2.05, 4.69) is 15.3 Å². The zero-order valence-electron chi connectivity index (χ0n) is 15.0. The van der Waals surface area contributed by atoms with Crippen LogP contribution in [0.5, 0.6) is 11.6 Å². The van der Waals surface area contributed by atoms with Crippen molar-refractivity contribution >= 4 is 29.9 Å². The van der Waals surface area contributed by atoms with E-state index in [0.717, 1.165) is 28.1 Å². The summed E-state index contributed by atoms with van der Waals surface area (Å²) >= 11 is 0. The zero-order chi connectivity index (χ0) is 17.5. The van der Waals surface area contributed by atoms with Crippen molar-refractivity contribution in [1.82, 2.24) is 10.3 Å². The molecule has 0 spiro atoms. The zero-order valence-corrected chi connectivity index (χ0v) is 17.3. The van der Waals surface area contributed by atoms with E-state index in [1.165, 1.54) is 0 Å². The molecule has 1 aromatic heterocycles. The lowest BCUT2D eigenvalue weighted by Gasteiger charge is -2.13. The van der Waals surface area contributed by atoms with Crippen LogP contribution in [-0.4, -0.2) is 25.2 Å². The average molecular weight is 456 g/mol. The van der Waals surface area contributed by atoms with E-state index < -0.39 is 0 Å². The predicted octanol–water partition coefficient (Wildman–Crippen LogP) is 2.94. The third-order valence-corrected chi connectivity index (χ3v) is 3.69. The van der Waals surface area contributed by atoms with E-state index in [4.69, 9.17) is 15.2 Å². The Morgan fingerprint density at radius 1 is 1.20 bits per heavy atom. The number of rotatable bonds is 6. The first-order valence-electron chi connectivity index (χ1n) is 7.72. The molecule has 0 bridgehead atoms. The molecule has 7 heteroatoms. The van der Waals surface area contributed by atoms with Gasteiger partial charge in [-0.2, -0.15) is 0 Å². The number of guanidine groups is 1. The van der Waals surface area contributed by atoms with Crippen molar-refractivity contribution in [3.8, 4) is 11.6 Å². The second-order valence-corrected chi connectivity index (χ2v) is 5.44. The number of nitrogens with zero attached hydrogens (tertiary/aromatic N) is 2. The van der Waals surface area contributed by atoms with Crippen LogP contribution >= 0.6 is 24.0 Å². The normalized spacial score (nSPS) is 10.8. The van der Waals surface area contributed by atoms with Crippen molar-refractivity contribution in [2.45, 2.75) is 26.9 Å². The highest BCUT2D eigenvalue weighted by Crippen LogP contribution is 2.20. The van der Waals surface area contributed by atoms with Crippen molar-refractivity contribution in [3.63, 3.8) is 0 Å². The van der Waals surface area contributed by atoms with Crippen molar-refractivity contribution in [3.05, 3.63) is 52.7 Å². The lowest BCUT2D eigenvalue weighted by atomic mass is 10.1. The van der Waals surface area contributed by atoms with Gasteiger partial charge in [0.2, 0.25) is 5.88 Å². The number of pyridine rings is 1. The van der Waals surface area contributed by atoms with Gasteiger partial charge in [0.25, 0.3) is 0 Å². The molecule has 0 aliphatic rings. The van der Waals surface area contributed by atoms with Crippen molar-refractivity contribution in [1.29, 1.82) is 0 Å². The van der Waals surface area contributed by atoms with E-state index in [1.54, 1.807) is 14.2 Å². The highest BCUT2D eigenvalue weighted by molar-refractivity contribution is 14.0. The lowest BCUT2D eigenvalue weighted by molar-refractivity contribution is 0.390. The molecule has 1 aromatic carbocycles. The van der Waals surface area contributed by atoms with Gasteiger partial charge in [-0.25, -0.2) is 9.98 Å². The Bertz CT molecular complexity index is 735. The molecule has 0 saturated carbocycles. The van der Waals surface area contributed by atoms with Crippen molar-refractivity contribution < 1.29 is 9.47 Å². The summed E-state index contributed by atoms with van der Waals surface area (Å²) in [6.07, 6.45) is 0. The van der Waals surface area contributed by atoms with Gasteiger partial charge < -0.3 is 20.5 Å². The molecule has 6 nitrogen and oxygen atoms in total. The van der Waals surface area contributed by atoms with Gasteiger partial charge in [0, 0.05) is 23.4 Å². The molecule has 0 aliphatic carbocycles. The van der Waals surface area contributed by atoms with E-state index in [-0.39, 0.29) is 24.0 Å². The minimum absolute atomic E-state index is 0. The molecule has 2 rings (SSSR count). The molecule has 2 aromatic rings. The maximum atomic E-state index is 5.97. The molecule has 0 radical (unpaired) electrons. The van der Waals surface area contributed by atoms with E-state index in [0.29, 0.717) is 24.9 Å². The van der Waals surface area contributed by atoms with Crippen LogP contribution in [0.15, 0.2) is 35.3 Å². The smallest absolute Gasteiger partial charge is 0.218 e. The number of para-hydroxylation sites is 1. The molecule has 0 fully saturated rings. The Labute approximate surface area is 165 Å². The van der Waals surface area contributed by atoms with Crippen LogP contribution < -0.4 is 20.5 Å². The fourth-order valence-electron chi connectivity index (χ4n) is 2.45. The molecule has 0 aliphatic heterocycles. The standard InChI is InChI=1S/C18H24N4O2.HI/c1-12-9-13(2)22-17(24-4)15(12)11-21-18(19)20-10-14-7-5-6-8-16(14)23-3;/h5-9H,10-11H2,1-4H3,(H3,19,20,21);1H. The van der Waals surface area contributed by atoms with Crippen molar-refractivity contribution in [2.75, 3.05) is 14.2 Å². The number of ether oxygens (including phenoxy) is 2. The number of methoxy groups -OCH3 is 2. The molecule has 0 saturated heterocycles. The molecule has 0 unspecified atom stereocenters. The number of nitrogens with two attached hydrogens (primary N) is 1. The number of halogens is 1. The summed E-state index contributed by atoms with van der Waals surface area (Å²) in [5.41, 5.74) is 9.95. The fraction of sp³-hybridized carbons (Fsp3) is 0.333. The Morgan fingerprint density at radius 3 is 2.60 bits per heavy atom. The van der Waals surface area contributed by atoms with Gasteiger partial charge in [-0.1, -0.05) is 18.2 Å². The molecule has 3 N–H and O–H groups in total. The summed E-state index contributed by atoms with van der Waals surface area (Å²) in [7, 11) is 3.26. The SMILES string of the molecule is COc1ccccc1CN=C(N)NCc1c(C)cc(C)nc1OC.I. The third-order valence-electron chi connectivity index (χ3n) is 3.69. The van der Waals surface area contributed by atoms with E-state index >= 15 is 0 Å². The van der Waals surface area contributed by atoms with Crippen molar-refractivity contribution in [2.24, 2.45) is 10.7 Å². The van der Waals surface area contributed by atoms with Gasteiger partial charge in [-0.15, -0.1) is 24.0 Å². The number of aryl methyl sites for hydroxylation is 2. The largest absolute Gasteiger partial charge is 0.496 e. The topological polar surface area (TPSA) is 81.8 Å². The Balaban J connectivity index is 0.00000312. The summed E-state index contributed by atoms with van der Waals surface area (Å²) in [5.74, 6) is 1.77. The maximum absolute atomic E-state index is 5.97. The maximum Gasteiger partial charge on any atom is 0.218 e. The van der Waals surface area contributed by atoms with Gasteiger partial charge in [0.15, 0.2) is 5.96 Å². The second-order valence-electron chi connectivity index (χ2n) is 5.44. The first-order chi connectivity index (χ1) is 11.5. The number of aromatic nitrogens is 1. The van der Waals surface area contributed by atoms with Crippen LogP contribution in [0.4, 0.5) is 0 Å². The van der Waals surface area contributed by atoms with Crippen LogP contribution in [0.2, 0.25) is 0 Å². The van der Waals surface area contributed by atoms with Gasteiger partial charge in [-0.05, 0) is 31.5 Å². The molecular weight excluding hydrogens is 431 g/mol. The number of hydrogen-bond acceptors (Lipinski definition) is 4. The molecule has 25 heavy (non-hydrogen) atoms. The molecular formula is C18H25IN4O2. The summed E-state index contributed by atoms with van der Waals surface area (Å²) in [6.45, 7) is 4.92. The highest BCUT2D eigenvalue weighted by Gasteiger charge is 2.09. The van der Waals surface area contributed by atoms with Gasteiger partial charge in [-0.3, -0.25) is 0 Å². The minimum atomic E-state index is 0. The van der Waals surface area contributed by atoms with Gasteiger partial charge >= 0.3 is 0 Å². The lowest BCUT2D eigenvalue weighted by Crippen LogP contribution is -2.31. The van der Waals surface area contributed by atoms with Crippen LogP contribution in [0, 0.1) is 13.8 Å². The van der Waals surface area contributed by atoms with Crippen LogP contribution in [0.25, 0.3) is 0 Å².